The Hall–Kier alpha value is -3.96. The molecule has 174 valence electrons. The molecule has 1 aromatic heterocycles. The van der Waals surface area contributed by atoms with Gasteiger partial charge in [-0.05, 0) is 67.1 Å². The van der Waals surface area contributed by atoms with Crippen molar-refractivity contribution >= 4 is 23.5 Å². The van der Waals surface area contributed by atoms with Crippen molar-refractivity contribution in [3.63, 3.8) is 0 Å². The first kappa shape index (κ1) is 23.2. The maximum atomic E-state index is 9.60. The SMILES string of the molecule is CC(CC=N)COc1ccc(-c2ccnc(Nc3ccc(N4CCOCC4)cc3)n2)cc1C#N. The number of benzene rings is 2. The topological polar surface area (TPSA) is 107 Å². The number of ether oxygens (including phenoxy) is 2. The minimum Gasteiger partial charge on any atom is -0.492 e. The molecule has 0 radical (unpaired) electrons. The van der Waals surface area contributed by atoms with Crippen LogP contribution in [0.1, 0.15) is 18.9 Å². The molecule has 0 aliphatic carbocycles. The molecule has 34 heavy (non-hydrogen) atoms. The average Bonchev–Trinajstić information content (AvgIpc) is 2.89. The number of hydrogen-bond acceptors (Lipinski definition) is 8. The maximum absolute atomic E-state index is 9.60. The van der Waals surface area contributed by atoms with E-state index in [9.17, 15) is 5.26 Å². The maximum Gasteiger partial charge on any atom is 0.227 e. The van der Waals surface area contributed by atoms with Gasteiger partial charge in [-0.25, -0.2) is 9.97 Å². The number of nitriles is 1. The lowest BCUT2D eigenvalue weighted by molar-refractivity contribution is 0.122. The monoisotopic (exact) mass is 456 g/mol. The predicted octanol–water partition coefficient (Wildman–Crippen LogP) is 4.65. The zero-order chi connectivity index (χ0) is 23.8. The van der Waals surface area contributed by atoms with Crippen molar-refractivity contribution in [3.8, 4) is 23.1 Å². The van der Waals surface area contributed by atoms with Crippen LogP contribution in [0.2, 0.25) is 0 Å². The lowest BCUT2D eigenvalue weighted by atomic mass is 10.1. The molecule has 1 aliphatic heterocycles. The van der Waals surface area contributed by atoms with E-state index < -0.39 is 0 Å². The summed E-state index contributed by atoms with van der Waals surface area (Å²) in [6.07, 6.45) is 3.72. The van der Waals surface area contributed by atoms with Gasteiger partial charge in [0.2, 0.25) is 5.95 Å². The molecular formula is C26H28N6O2. The van der Waals surface area contributed by atoms with Crippen LogP contribution >= 0.6 is 0 Å². The molecule has 2 heterocycles. The second kappa shape index (κ2) is 11.3. The quantitative estimate of drug-likeness (QED) is 0.451. The molecule has 1 fully saturated rings. The Morgan fingerprint density at radius 1 is 1.21 bits per heavy atom. The zero-order valence-corrected chi connectivity index (χ0v) is 19.2. The van der Waals surface area contributed by atoms with Crippen LogP contribution in [0.5, 0.6) is 5.75 Å². The van der Waals surface area contributed by atoms with Crippen LogP contribution in [0.4, 0.5) is 17.3 Å². The van der Waals surface area contributed by atoms with E-state index in [-0.39, 0.29) is 5.92 Å². The van der Waals surface area contributed by atoms with Crippen molar-refractivity contribution in [2.45, 2.75) is 13.3 Å². The summed E-state index contributed by atoms with van der Waals surface area (Å²) in [4.78, 5) is 11.3. The van der Waals surface area contributed by atoms with Crippen LogP contribution in [-0.4, -0.2) is 49.1 Å². The smallest absolute Gasteiger partial charge is 0.227 e. The van der Waals surface area contributed by atoms with E-state index in [1.54, 1.807) is 18.3 Å². The van der Waals surface area contributed by atoms with Gasteiger partial charge in [0.25, 0.3) is 0 Å². The van der Waals surface area contributed by atoms with Crippen LogP contribution in [0.15, 0.2) is 54.7 Å². The predicted molar refractivity (Wildman–Crippen MR) is 133 cm³/mol. The fourth-order valence-corrected chi connectivity index (χ4v) is 3.69. The van der Waals surface area contributed by atoms with E-state index in [1.165, 1.54) is 11.9 Å². The Bertz CT molecular complexity index is 1150. The molecule has 2 aromatic carbocycles. The average molecular weight is 457 g/mol. The summed E-state index contributed by atoms with van der Waals surface area (Å²) in [5.74, 6) is 1.23. The number of rotatable bonds is 9. The van der Waals surface area contributed by atoms with Crippen LogP contribution in [-0.2, 0) is 4.74 Å². The molecule has 1 unspecified atom stereocenters. The minimum atomic E-state index is 0.210. The van der Waals surface area contributed by atoms with Gasteiger partial charge in [-0.2, -0.15) is 5.26 Å². The number of nitrogens with zero attached hydrogens (tertiary/aromatic N) is 4. The molecule has 0 saturated carbocycles. The van der Waals surface area contributed by atoms with Gasteiger partial charge >= 0.3 is 0 Å². The molecule has 4 rings (SSSR count). The highest BCUT2D eigenvalue weighted by Crippen LogP contribution is 2.27. The fraction of sp³-hybridized carbons (Fsp3) is 0.308. The highest BCUT2D eigenvalue weighted by molar-refractivity contribution is 5.66. The zero-order valence-electron chi connectivity index (χ0n) is 19.2. The summed E-state index contributed by atoms with van der Waals surface area (Å²) in [5.41, 5.74) is 4.04. The number of hydrogen-bond donors (Lipinski definition) is 2. The lowest BCUT2D eigenvalue weighted by Crippen LogP contribution is -2.36. The Balaban J connectivity index is 1.45. The number of aromatic nitrogens is 2. The highest BCUT2D eigenvalue weighted by Gasteiger charge is 2.12. The van der Waals surface area contributed by atoms with Crippen LogP contribution in [0.25, 0.3) is 11.3 Å². The fourth-order valence-electron chi connectivity index (χ4n) is 3.69. The summed E-state index contributed by atoms with van der Waals surface area (Å²) < 4.78 is 11.2. The van der Waals surface area contributed by atoms with E-state index in [1.807, 2.05) is 31.2 Å². The van der Waals surface area contributed by atoms with Crippen LogP contribution in [0, 0.1) is 22.7 Å². The molecule has 0 bridgehead atoms. The molecule has 1 aliphatic rings. The van der Waals surface area contributed by atoms with E-state index in [0.717, 1.165) is 37.6 Å². The summed E-state index contributed by atoms with van der Waals surface area (Å²) in [6.45, 7) is 5.77. The lowest BCUT2D eigenvalue weighted by Gasteiger charge is -2.28. The van der Waals surface area contributed by atoms with Gasteiger partial charge in [0.15, 0.2) is 0 Å². The largest absolute Gasteiger partial charge is 0.492 e. The molecule has 1 atom stereocenters. The van der Waals surface area contributed by atoms with Gasteiger partial charge in [0.05, 0.1) is 31.1 Å². The highest BCUT2D eigenvalue weighted by atomic mass is 16.5. The molecule has 8 heteroatoms. The van der Waals surface area contributed by atoms with Crippen LogP contribution in [0.3, 0.4) is 0 Å². The van der Waals surface area contributed by atoms with Crippen molar-refractivity contribution in [1.29, 1.82) is 10.7 Å². The first-order valence-electron chi connectivity index (χ1n) is 11.4. The normalized spacial score (nSPS) is 14.2. The molecule has 3 aromatic rings. The van der Waals surface area contributed by atoms with Crippen molar-refractivity contribution in [2.24, 2.45) is 5.92 Å². The second-order valence-electron chi connectivity index (χ2n) is 8.22. The molecule has 1 saturated heterocycles. The molecule has 8 nitrogen and oxygen atoms in total. The number of morpholine rings is 1. The van der Waals surface area contributed by atoms with E-state index in [4.69, 9.17) is 14.9 Å². The van der Waals surface area contributed by atoms with Gasteiger partial charge in [0, 0.05) is 36.2 Å². The van der Waals surface area contributed by atoms with Crippen molar-refractivity contribution in [1.82, 2.24) is 9.97 Å². The van der Waals surface area contributed by atoms with E-state index >= 15 is 0 Å². The van der Waals surface area contributed by atoms with Gasteiger partial charge in [-0.15, -0.1) is 0 Å². The first-order chi connectivity index (χ1) is 16.7. The summed E-state index contributed by atoms with van der Waals surface area (Å²) >= 11 is 0. The van der Waals surface area contributed by atoms with Gasteiger partial charge in [-0.3, -0.25) is 0 Å². The van der Waals surface area contributed by atoms with Crippen molar-refractivity contribution in [3.05, 3.63) is 60.3 Å². The van der Waals surface area contributed by atoms with E-state index in [0.29, 0.717) is 36.0 Å². The van der Waals surface area contributed by atoms with Crippen LogP contribution < -0.4 is 15.0 Å². The van der Waals surface area contributed by atoms with Crippen molar-refractivity contribution < 1.29 is 9.47 Å². The summed E-state index contributed by atoms with van der Waals surface area (Å²) in [5, 5.41) is 20.1. The van der Waals surface area contributed by atoms with E-state index in [2.05, 4.69) is 38.4 Å². The van der Waals surface area contributed by atoms with Crippen molar-refractivity contribution in [2.75, 3.05) is 43.1 Å². The first-order valence-corrected chi connectivity index (χ1v) is 11.4. The summed E-state index contributed by atoms with van der Waals surface area (Å²) in [6, 6.07) is 17.7. The molecule has 0 amide bonds. The number of anilines is 3. The number of nitrogens with one attached hydrogen (secondary N) is 2. The van der Waals surface area contributed by atoms with Gasteiger partial charge in [-0.1, -0.05) is 6.92 Å². The minimum absolute atomic E-state index is 0.210. The Labute approximate surface area is 199 Å². The third-order valence-electron chi connectivity index (χ3n) is 5.59. The molecular weight excluding hydrogens is 428 g/mol. The Morgan fingerprint density at radius 3 is 2.74 bits per heavy atom. The third-order valence-corrected chi connectivity index (χ3v) is 5.59. The molecule has 0 spiro atoms. The Morgan fingerprint density at radius 2 is 2.00 bits per heavy atom. The summed E-state index contributed by atoms with van der Waals surface area (Å²) in [7, 11) is 0. The Kier molecular flexibility index (Phi) is 7.68. The van der Waals surface area contributed by atoms with Gasteiger partial charge in [0.1, 0.15) is 11.8 Å². The standard InChI is InChI=1S/C26H28N6O2/c1-19(8-10-27)18-34-25-7-2-20(16-21(25)17-28)24-9-11-29-26(31-24)30-22-3-5-23(6-4-22)32-12-14-33-15-13-32/h2-7,9-11,16,19,27H,8,12-15,18H2,1H3,(H,29,30,31). The second-order valence-corrected chi connectivity index (χ2v) is 8.22. The molecule has 2 N–H and O–H groups in total. The van der Waals surface area contributed by atoms with Gasteiger partial charge < -0.3 is 25.1 Å². The third kappa shape index (κ3) is 5.88.